The summed E-state index contributed by atoms with van der Waals surface area (Å²) in [5, 5.41) is 2.57. The van der Waals surface area contributed by atoms with Gasteiger partial charge in [0.1, 0.15) is 23.9 Å². The van der Waals surface area contributed by atoms with Crippen molar-refractivity contribution in [3.63, 3.8) is 0 Å². The van der Waals surface area contributed by atoms with E-state index in [4.69, 9.17) is 14.5 Å². The molecule has 1 unspecified atom stereocenters. The minimum Gasteiger partial charge on any atom is -0.453 e. The van der Waals surface area contributed by atoms with Gasteiger partial charge in [0.25, 0.3) is 5.56 Å². The first-order valence-electron chi connectivity index (χ1n) is 16.1. The molecule has 1 N–H and O–H groups in total. The Balaban J connectivity index is 1.60. The first-order valence-corrected chi connectivity index (χ1v) is 16.1. The normalized spacial score (nSPS) is 15.9. The number of carbonyl (C=O) groups is 3. The molecule has 0 saturated carbocycles. The van der Waals surface area contributed by atoms with E-state index in [2.05, 4.69) is 36.1 Å². The summed E-state index contributed by atoms with van der Waals surface area (Å²) < 4.78 is 14.4. The minimum atomic E-state index is -0.910. The second kappa shape index (κ2) is 15.9. The zero-order chi connectivity index (χ0) is 34.1. The molecule has 4 heterocycles. The number of likely N-dealkylation sites (N-methyl/N-ethyl adjacent to an activating group) is 1. The number of aromatic nitrogens is 5. The fourth-order valence-corrected chi connectivity index (χ4v) is 5.44. The molecule has 0 aliphatic carbocycles. The van der Waals surface area contributed by atoms with E-state index in [-0.39, 0.29) is 53.8 Å². The lowest BCUT2D eigenvalue weighted by Gasteiger charge is -2.25. The van der Waals surface area contributed by atoms with E-state index in [9.17, 15) is 19.2 Å². The van der Waals surface area contributed by atoms with Crippen molar-refractivity contribution in [1.29, 1.82) is 0 Å². The Morgan fingerprint density at radius 3 is 2.68 bits per heavy atom. The Bertz CT molecular complexity index is 1650. The number of alkyl carbamates (subject to hydrolysis) is 1. The molecule has 1 saturated heterocycles. The number of ether oxygens (including phenoxy) is 2. The van der Waals surface area contributed by atoms with Crippen molar-refractivity contribution in [1.82, 2.24) is 34.3 Å². The number of hydrogen-bond acceptors (Lipinski definition) is 9. The van der Waals surface area contributed by atoms with Gasteiger partial charge in [0.05, 0.1) is 25.4 Å². The molecule has 0 spiro atoms. The molecule has 2 atom stereocenters. The number of rotatable bonds is 13. The molecule has 1 fully saturated rings. The predicted octanol–water partition coefficient (Wildman–Crippen LogP) is 3.97. The van der Waals surface area contributed by atoms with Gasteiger partial charge in [-0.3, -0.25) is 19.0 Å². The van der Waals surface area contributed by atoms with Crippen LogP contribution in [0.4, 0.5) is 4.79 Å². The maximum absolute atomic E-state index is 13.7. The standard InChI is InChI=1S/C34H47N7O6/c1-34(2,3)17-16-25-30-31(36-22-35-25)41(29-15-9-10-19-47-29)27(38-30)21-40-18-11-12-23(32(40)44)20-26(42)24(37-33(45)46-6)13-7-8-14-28(43)39(4)5/h8,11-12,14,18,22,24,29H,7,9-10,13,15-17,19-21H2,1-6H3,(H,37,45)/b14-8+/t24-,29?/m0/s1. The van der Waals surface area contributed by atoms with Crippen LogP contribution in [-0.4, -0.2) is 80.6 Å². The van der Waals surface area contributed by atoms with E-state index in [1.54, 1.807) is 44.8 Å². The zero-order valence-electron chi connectivity index (χ0n) is 28.3. The van der Waals surface area contributed by atoms with Crippen molar-refractivity contribution in [2.75, 3.05) is 27.8 Å². The third kappa shape index (κ3) is 9.57. The summed E-state index contributed by atoms with van der Waals surface area (Å²) >= 11 is 0. The van der Waals surface area contributed by atoms with Crippen molar-refractivity contribution < 1.29 is 23.9 Å². The molecule has 4 rings (SSSR count). The molecule has 1 aliphatic heterocycles. The summed E-state index contributed by atoms with van der Waals surface area (Å²) in [6.45, 7) is 7.34. The van der Waals surface area contributed by atoms with Gasteiger partial charge in [-0.1, -0.05) is 32.9 Å². The number of carbonyl (C=O) groups excluding carboxylic acids is 3. The number of ketones is 1. The molecule has 0 aromatic carbocycles. The van der Waals surface area contributed by atoms with E-state index in [1.807, 2.05) is 4.57 Å². The number of nitrogens with zero attached hydrogens (tertiary/aromatic N) is 6. The van der Waals surface area contributed by atoms with Crippen molar-refractivity contribution in [2.45, 2.75) is 91.0 Å². The lowest BCUT2D eigenvalue weighted by atomic mass is 9.90. The van der Waals surface area contributed by atoms with Crippen molar-refractivity contribution >= 4 is 28.9 Å². The van der Waals surface area contributed by atoms with Crippen LogP contribution in [0.1, 0.15) is 82.6 Å². The Morgan fingerprint density at radius 2 is 2.00 bits per heavy atom. The average Bonchev–Trinajstić information content (AvgIpc) is 3.41. The van der Waals surface area contributed by atoms with Crippen LogP contribution in [-0.2, 0) is 38.4 Å². The summed E-state index contributed by atoms with van der Waals surface area (Å²) in [4.78, 5) is 66.6. The minimum absolute atomic E-state index is 0.119. The summed E-state index contributed by atoms with van der Waals surface area (Å²) in [5.74, 6) is 0.0915. The SMILES string of the molecule is COC(=O)N[C@@H](CC/C=C/C(=O)N(C)C)C(=O)Cc1cccn(Cc2nc3c(CCC(C)(C)C)ncnc3n2C2CCCCO2)c1=O. The first kappa shape index (κ1) is 35.5. The molecule has 13 nitrogen and oxygen atoms in total. The highest BCUT2D eigenvalue weighted by Gasteiger charge is 2.26. The molecule has 47 heavy (non-hydrogen) atoms. The zero-order valence-corrected chi connectivity index (χ0v) is 28.3. The number of aryl methyl sites for hydroxylation is 1. The van der Waals surface area contributed by atoms with Gasteiger partial charge in [-0.25, -0.2) is 19.7 Å². The monoisotopic (exact) mass is 649 g/mol. The summed E-state index contributed by atoms with van der Waals surface area (Å²) in [6.07, 6.45) is 10.1. The van der Waals surface area contributed by atoms with Gasteiger partial charge in [0.15, 0.2) is 11.4 Å². The number of allylic oxidation sites excluding steroid dienone is 1. The van der Waals surface area contributed by atoms with Crippen molar-refractivity contribution in [3.05, 3.63) is 64.2 Å². The second-order valence-corrected chi connectivity index (χ2v) is 13.3. The van der Waals surface area contributed by atoms with Gasteiger partial charge in [0, 0.05) is 38.9 Å². The highest BCUT2D eigenvalue weighted by Crippen LogP contribution is 2.30. The van der Waals surface area contributed by atoms with Gasteiger partial charge in [-0.15, -0.1) is 0 Å². The number of imidazole rings is 1. The number of nitrogens with one attached hydrogen (secondary N) is 1. The molecule has 0 radical (unpaired) electrons. The topological polar surface area (TPSA) is 151 Å². The number of pyridine rings is 1. The van der Waals surface area contributed by atoms with Crippen LogP contribution in [0.5, 0.6) is 0 Å². The molecule has 2 amide bonds. The van der Waals surface area contributed by atoms with E-state index in [0.29, 0.717) is 30.0 Å². The number of fused-ring (bicyclic) bond motifs is 1. The molecule has 1 aliphatic rings. The molecule has 3 aromatic rings. The molecule has 0 bridgehead atoms. The summed E-state index contributed by atoms with van der Waals surface area (Å²) in [5.41, 5.74) is 2.32. The van der Waals surface area contributed by atoms with Gasteiger partial charge in [-0.05, 0) is 62.5 Å². The lowest BCUT2D eigenvalue weighted by Crippen LogP contribution is -2.42. The molecule has 13 heteroatoms. The highest BCUT2D eigenvalue weighted by molar-refractivity contribution is 5.89. The largest absolute Gasteiger partial charge is 0.453 e. The quantitative estimate of drug-likeness (QED) is 0.271. The lowest BCUT2D eigenvalue weighted by molar-refractivity contribution is -0.123. The number of Topliss-reactive ketones (excluding diaryl/α,β-unsaturated/α-hetero) is 1. The molecular weight excluding hydrogens is 602 g/mol. The molecular formula is C34H47N7O6. The van der Waals surface area contributed by atoms with Gasteiger partial charge < -0.3 is 24.3 Å². The maximum Gasteiger partial charge on any atom is 0.407 e. The Morgan fingerprint density at radius 1 is 1.21 bits per heavy atom. The van der Waals surface area contributed by atoms with Crippen LogP contribution in [0.2, 0.25) is 0 Å². The first-order chi connectivity index (χ1) is 22.4. The number of amides is 2. The Kier molecular flexibility index (Phi) is 12.0. The van der Waals surface area contributed by atoms with Crippen LogP contribution in [0.15, 0.2) is 41.6 Å². The van der Waals surface area contributed by atoms with Crippen LogP contribution < -0.4 is 10.9 Å². The highest BCUT2D eigenvalue weighted by atomic mass is 16.5. The molecule has 3 aromatic heterocycles. The predicted molar refractivity (Wildman–Crippen MR) is 177 cm³/mol. The van der Waals surface area contributed by atoms with Crippen LogP contribution >= 0.6 is 0 Å². The number of hydrogen-bond donors (Lipinski definition) is 1. The van der Waals surface area contributed by atoms with Gasteiger partial charge >= 0.3 is 6.09 Å². The Hall–Kier alpha value is -4.39. The summed E-state index contributed by atoms with van der Waals surface area (Å²) in [7, 11) is 4.50. The van der Waals surface area contributed by atoms with Gasteiger partial charge in [0.2, 0.25) is 5.91 Å². The van der Waals surface area contributed by atoms with Crippen LogP contribution in [0.25, 0.3) is 11.2 Å². The second-order valence-electron chi connectivity index (χ2n) is 13.3. The van der Waals surface area contributed by atoms with Gasteiger partial charge in [-0.2, -0.15) is 0 Å². The van der Waals surface area contributed by atoms with Crippen molar-refractivity contribution in [3.8, 4) is 0 Å². The number of methoxy groups -OCH3 is 1. The van der Waals surface area contributed by atoms with E-state index in [0.717, 1.165) is 37.8 Å². The van der Waals surface area contributed by atoms with Crippen LogP contribution in [0, 0.1) is 5.41 Å². The maximum atomic E-state index is 13.7. The fourth-order valence-electron chi connectivity index (χ4n) is 5.44. The third-order valence-corrected chi connectivity index (χ3v) is 8.15. The van der Waals surface area contributed by atoms with E-state index < -0.39 is 12.1 Å². The summed E-state index contributed by atoms with van der Waals surface area (Å²) in [6, 6.07) is 2.43. The average molecular weight is 650 g/mol. The van der Waals surface area contributed by atoms with E-state index in [1.165, 1.54) is 22.7 Å². The van der Waals surface area contributed by atoms with Crippen LogP contribution in [0.3, 0.4) is 0 Å². The van der Waals surface area contributed by atoms with Crippen molar-refractivity contribution in [2.24, 2.45) is 5.41 Å². The third-order valence-electron chi connectivity index (χ3n) is 8.15. The van der Waals surface area contributed by atoms with E-state index >= 15 is 0 Å². The Labute approximate surface area is 275 Å². The fraction of sp³-hybridized carbons (Fsp3) is 0.559. The molecule has 254 valence electrons. The smallest absolute Gasteiger partial charge is 0.407 e.